The zero-order valence-electron chi connectivity index (χ0n) is 19.2. The summed E-state index contributed by atoms with van der Waals surface area (Å²) < 4.78 is 31.5. The minimum absolute atomic E-state index is 0.277. The summed E-state index contributed by atoms with van der Waals surface area (Å²) in [5.74, 6) is 0.863. The van der Waals surface area contributed by atoms with Gasteiger partial charge in [0, 0.05) is 36.3 Å². The Hall–Kier alpha value is -3.23. The van der Waals surface area contributed by atoms with Crippen molar-refractivity contribution in [3.8, 4) is 28.0 Å². The summed E-state index contributed by atoms with van der Waals surface area (Å²) in [4.78, 5) is 7.37. The molecule has 0 amide bonds. The van der Waals surface area contributed by atoms with Gasteiger partial charge in [0.15, 0.2) is 15.5 Å². The average Bonchev–Trinajstić information content (AvgIpc) is 3.28. The van der Waals surface area contributed by atoms with Crippen LogP contribution >= 0.6 is 0 Å². The molecule has 34 heavy (non-hydrogen) atoms. The third kappa shape index (κ3) is 4.98. The van der Waals surface area contributed by atoms with Crippen LogP contribution in [0, 0.1) is 0 Å². The maximum absolute atomic E-state index is 11.9. The fourth-order valence-electron chi connectivity index (χ4n) is 4.34. The molecular formula is C26H28N4O3S. The van der Waals surface area contributed by atoms with Crippen molar-refractivity contribution >= 4 is 15.5 Å². The van der Waals surface area contributed by atoms with Crippen molar-refractivity contribution in [3.63, 3.8) is 0 Å². The number of nitrogens with zero attached hydrogens (tertiary/aromatic N) is 4. The van der Waals surface area contributed by atoms with Crippen LogP contribution in [-0.2, 0) is 9.84 Å². The van der Waals surface area contributed by atoms with Crippen LogP contribution in [0.1, 0.15) is 19.3 Å². The molecule has 0 unspecified atom stereocenters. The molecule has 3 heterocycles. The Morgan fingerprint density at radius 2 is 1.74 bits per heavy atom. The van der Waals surface area contributed by atoms with Gasteiger partial charge in [0.05, 0.1) is 11.1 Å². The Morgan fingerprint density at radius 3 is 2.50 bits per heavy atom. The Bertz CT molecular complexity index is 1390. The lowest BCUT2D eigenvalue weighted by molar-refractivity contribution is 0.183. The van der Waals surface area contributed by atoms with E-state index >= 15 is 0 Å². The van der Waals surface area contributed by atoms with E-state index < -0.39 is 9.84 Å². The fourth-order valence-corrected chi connectivity index (χ4v) is 5.01. The van der Waals surface area contributed by atoms with Gasteiger partial charge in [-0.3, -0.25) is 4.90 Å². The first kappa shape index (κ1) is 22.6. The van der Waals surface area contributed by atoms with Crippen molar-refractivity contribution in [2.45, 2.75) is 24.2 Å². The smallest absolute Gasteiger partial charge is 0.175 e. The molecule has 0 atom stereocenters. The lowest BCUT2D eigenvalue weighted by Gasteiger charge is -2.26. The van der Waals surface area contributed by atoms with E-state index in [9.17, 15) is 8.42 Å². The Morgan fingerprint density at radius 1 is 0.941 bits per heavy atom. The zero-order chi connectivity index (χ0) is 23.5. The largest absolute Gasteiger partial charge is 0.492 e. The lowest BCUT2D eigenvalue weighted by atomic mass is 10.1. The van der Waals surface area contributed by atoms with Crippen LogP contribution in [0.4, 0.5) is 0 Å². The molecule has 8 heteroatoms. The van der Waals surface area contributed by atoms with Gasteiger partial charge in [-0.25, -0.2) is 17.9 Å². The first-order valence-corrected chi connectivity index (χ1v) is 13.5. The first-order valence-electron chi connectivity index (χ1n) is 11.6. The molecule has 4 aromatic rings. The summed E-state index contributed by atoms with van der Waals surface area (Å²) >= 11 is 0. The SMILES string of the molecule is CS(=O)(=O)c1cccc(-c2cnn3cc(-c4ccc(OCCN5CCCCC5)cc4)cnc23)c1. The monoisotopic (exact) mass is 476 g/mol. The van der Waals surface area contributed by atoms with Gasteiger partial charge in [0.2, 0.25) is 0 Å². The molecule has 2 aromatic heterocycles. The molecule has 0 bridgehead atoms. The second-order valence-electron chi connectivity index (χ2n) is 8.74. The molecular weight excluding hydrogens is 448 g/mol. The van der Waals surface area contributed by atoms with Gasteiger partial charge in [-0.1, -0.05) is 30.7 Å². The average molecular weight is 477 g/mol. The molecule has 1 saturated heterocycles. The molecule has 176 valence electrons. The quantitative estimate of drug-likeness (QED) is 0.395. The summed E-state index contributed by atoms with van der Waals surface area (Å²) in [6, 6.07) is 14.9. The first-order chi connectivity index (χ1) is 16.5. The van der Waals surface area contributed by atoms with E-state index in [0.29, 0.717) is 12.3 Å². The minimum atomic E-state index is -3.29. The molecule has 5 rings (SSSR count). The van der Waals surface area contributed by atoms with Gasteiger partial charge in [0.25, 0.3) is 0 Å². The number of aromatic nitrogens is 3. The number of ether oxygens (including phenoxy) is 1. The number of hydrogen-bond acceptors (Lipinski definition) is 6. The van der Waals surface area contributed by atoms with Crippen molar-refractivity contribution < 1.29 is 13.2 Å². The predicted molar refractivity (Wildman–Crippen MR) is 133 cm³/mol. The Kier molecular flexibility index (Phi) is 6.34. The minimum Gasteiger partial charge on any atom is -0.492 e. The molecule has 2 aromatic carbocycles. The third-order valence-corrected chi connectivity index (χ3v) is 7.35. The number of sulfone groups is 1. The van der Waals surface area contributed by atoms with E-state index in [1.54, 1.807) is 28.9 Å². The number of benzene rings is 2. The van der Waals surface area contributed by atoms with Gasteiger partial charge < -0.3 is 4.74 Å². The van der Waals surface area contributed by atoms with E-state index in [1.807, 2.05) is 42.7 Å². The van der Waals surface area contributed by atoms with E-state index in [0.717, 1.165) is 34.5 Å². The highest BCUT2D eigenvalue weighted by Crippen LogP contribution is 2.28. The molecule has 1 aliphatic rings. The van der Waals surface area contributed by atoms with Gasteiger partial charge in [-0.05, 0) is 61.3 Å². The molecule has 1 fully saturated rings. The topological polar surface area (TPSA) is 76.8 Å². The molecule has 0 radical (unpaired) electrons. The molecule has 0 saturated carbocycles. The van der Waals surface area contributed by atoms with Gasteiger partial charge in [0.1, 0.15) is 12.4 Å². The molecule has 0 spiro atoms. The normalized spacial score (nSPS) is 15.0. The summed E-state index contributed by atoms with van der Waals surface area (Å²) in [6.45, 7) is 4.02. The number of hydrogen-bond donors (Lipinski definition) is 0. The summed E-state index contributed by atoms with van der Waals surface area (Å²) in [5.41, 5.74) is 4.19. The molecule has 7 nitrogen and oxygen atoms in total. The highest BCUT2D eigenvalue weighted by Gasteiger charge is 2.13. The maximum atomic E-state index is 11.9. The lowest BCUT2D eigenvalue weighted by Crippen LogP contribution is -2.33. The second kappa shape index (κ2) is 9.56. The number of likely N-dealkylation sites (tertiary alicyclic amines) is 1. The number of piperidine rings is 1. The third-order valence-electron chi connectivity index (χ3n) is 6.24. The van der Waals surface area contributed by atoms with Crippen molar-refractivity contribution in [3.05, 3.63) is 67.1 Å². The van der Waals surface area contributed by atoms with Gasteiger partial charge in [-0.15, -0.1) is 0 Å². The molecule has 0 N–H and O–H groups in total. The van der Waals surface area contributed by atoms with Gasteiger partial charge in [-0.2, -0.15) is 5.10 Å². The van der Waals surface area contributed by atoms with Crippen LogP contribution in [0.2, 0.25) is 0 Å². The van der Waals surface area contributed by atoms with Crippen molar-refractivity contribution in [2.75, 3.05) is 32.5 Å². The van der Waals surface area contributed by atoms with Crippen molar-refractivity contribution in [2.24, 2.45) is 0 Å². The van der Waals surface area contributed by atoms with Crippen LogP contribution in [0.15, 0.2) is 72.0 Å². The standard InChI is InChI=1S/C26H28N4O3S/c1-34(31,32)24-7-5-6-21(16-24)25-18-28-30-19-22(17-27-26(25)30)20-8-10-23(11-9-20)33-15-14-29-12-3-2-4-13-29/h5-11,16-19H,2-4,12-15H2,1H3. The Balaban J connectivity index is 1.30. The van der Waals surface area contributed by atoms with Crippen LogP contribution in [-0.4, -0.2) is 60.4 Å². The van der Waals surface area contributed by atoms with E-state index in [4.69, 9.17) is 4.74 Å². The number of fused-ring (bicyclic) bond motifs is 1. The summed E-state index contributed by atoms with van der Waals surface area (Å²) in [6.07, 6.45) is 10.6. The predicted octanol–water partition coefficient (Wildman–Crippen LogP) is 4.33. The van der Waals surface area contributed by atoms with E-state index in [-0.39, 0.29) is 4.90 Å². The molecule has 1 aliphatic heterocycles. The van der Waals surface area contributed by atoms with Crippen molar-refractivity contribution in [1.82, 2.24) is 19.5 Å². The summed E-state index contributed by atoms with van der Waals surface area (Å²) in [5, 5.41) is 4.45. The Labute approximate surface area is 199 Å². The second-order valence-corrected chi connectivity index (χ2v) is 10.8. The van der Waals surface area contributed by atoms with Crippen LogP contribution < -0.4 is 4.74 Å². The number of rotatable bonds is 7. The zero-order valence-corrected chi connectivity index (χ0v) is 20.0. The highest BCUT2D eigenvalue weighted by atomic mass is 32.2. The van der Waals surface area contributed by atoms with E-state index in [2.05, 4.69) is 15.0 Å². The summed E-state index contributed by atoms with van der Waals surface area (Å²) in [7, 11) is -3.29. The van der Waals surface area contributed by atoms with Gasteiger partial charge >= 0.3 is 0 Å². The maximum Gasteiger partial charge on any atom is 0.175 e. The fraction of sp³-hybridized carbons (Fsp3) is 0.308. The van der Waals surface area contributed by atoms with Crippen molar-refractivity contribution in [1.29, 1.82) is 0 Å². The van der Waals surface area contributed by atoms with Crippen LogP contribution in [0.5, 0.6) is 5.75 Å². The highest BCUT2D eigenvalue weighted by molar-refractivity contribution is 7.90. The van der Waals surface area contributed by atoms with Crippen LogP contribution in [0.25, 0.3) is 27.9 Å². The molecule has 0 aliphatic carbocycles. The van der Waals surface area contributed by atoms with E-state index in [1.165, 1.54) is 38.6 Å². The van der Waals surface area contributed by atoms with Crippen LogP contribution in [0.3, 0.4) is 0 Å².